The molecule has 7 aromatic carbocycles. The molecule has 0 N–H and O–H groups in total. The van der Waals surface area contributed by atoms with Crippen LogP contribution in [0, 0.1) is 0 Å². The van der Waals surface area contributed by atoms with Crippen LogP contribution in [0.15, 0.2) is 162 Å². The second-order valence-corrected chi connectivity index (χ2v) is 13.2. The molecule has 10 aromatic rings. The third-order valence-electron chi connectivity index (χ3n) is 9.32. The fourth-order valence-corrected chi connectivity index (χ4v) is 8.16. The third kappa shape index (κ3) is 4.20. The summed E-state index contributed by atoms with van der Waals surface area (Å²) in [6.45, 7) is 0. The molecule has 0 aliphatic heterocycles. The second kappa shape index (κ2) is 10.7. The Balaban J connectivity index is 1.25. The van der Waals surface area contributed by atoms with Gasteiger partial charge in [0.25, 0.3) is 0 Å². The van der Waals surface area contributed by atoms with E-state index < -0.39 is 0 Å². The molecule has 3 nitrogen and oxygen atoms in total. The van der Waals surface area contributed by atoms with Crippen LogP contribution in [-0.4, -0.2) is 9.97 Å². The van der Waals surface area contributed by atoms with Gasteiger partial charge in [-0.15, -0.1) is 11.3 Å². The molecule has 0 fully saturated rings. The molecule has 10 rings (SSSR count). The Morgan fingerprint density at radius 1 is 0.417 bits per heavy atom. The Kier molecular flexibility index (Phi) is 6.05. The van der Waals surface area contributed by atoms with Crippen molar-refractivity contribution in [3.8, 4) is 44.9 Å². The number of hydrogen-bond donors (Lipinski definition) is 0. The van der Waals surface area contributed by atoms with E-state index in [1.54, 1.807) is 11.3 Å². The molecule has 0 amide bonds. The standard InChI is InChI=1S/C44H26N2OS/c1-3-12-27(13-4-1)28-22-24-30(25-23-28)39-43-40(35-18-9-10-21-38(35)48-43)46-44(45-39)37-26-36-34-20-11-19-31(29-14-5-2-6-15-29)41(34)47-42(36)33-17-8-7-16-32(33)37/h1-26H. The summed E-state index contributed by atoms with van der Waals surface area (Å²) in [6.07, 6.45) is 0. The van der Waals surface area contributed by atoms with Crippen LogP contribution in [-0.2, 0) is 0 Å². The smallest absolute Gasteiger partial charge is 0.161 e. The summed E-state index contributed by atoms with van der Waals surface area (Å²) in [4.78, 5) is 10.7. The molecule has 0 aliphatic rings. The first kappa shape index (κ1) is 27.1. The van der Waals surface area contributed by atoms with Crippen molar-refractivity contribution in [1.82, 2.24) is 9.97 Å². The molecular weight excluding hydrogens is 605 g/mol. The number of thiophene rings is 1. The molecule has 3 aromatic heterocycles. The van der Waals surface area contributed by atoms with E-state index in [4.69, 9.17) is 14.4 Å². The Morgan fingerprint density at radius 2 is 1.02 bits per heavy atom. The highest BCUT2D eigenvalue weighted by molar-refractivity contribution is 7.26. The zero-order chi connectivity index (χ0) is 31.6. The molecule has 3 heterocycles. The van der Waals surface area contributed by atoms with Gasteiger partial charge in [-0.1, -0.05) is 146 Å². The van der Waals surface area contributed by atoms with Crippen molar-refractivity contribution >= 4 is 64.4 Å². The third-order valence-corrected chi connectivity index (χ3v) is 10.5. The zero-order valence-electron chi connectivity index (χ0n) is 25.7. The summed E-state index contributed by atoms with van der Waals surface area (Å²) in [5, 5.41) is 5.40. The lowest BCUT2D eigenvalue weighted by atomic mass is 9.98. The van der Waals surface area contributed by atoms with Crippen LogP contribution in [0.5, 0.6) is 0 Å². The number of aromatic nitrogens is 2. The highest BCUT2D eigenvalue weighted by atomic mass is 32.1. The molecular formula is C44H26N2OS. The summed E-state index contributed by atoms with van der Waals surface area (Å²) in [5.41, 5.74) is 10.4. The van der Waals surface area contributed by atoms with Crippen molar-refractivity contribution in [3.63, 3.8) is 0 Å². The fraction of sp³-hybridized carbons (Fsp3) is 0. The van der Waals surface area contributed by atoms with Gasteiger partial charge < -0.3 is 4.42 Å². The van der Waals surface area contributed by atoms with Gasteiger partial charge in [-0.05, 0) is 34.2 Å². The van der Waals surface area contributed by atoms with Crippen molar-refractivity contribution in [3.05, 3.63) is 158 Å². The average Bonchev–Trinajstić information content (AvgIpc) is 3.74. The Morgan fingerprint density at radius 3 is 1.81 bits per heavy atom. The van der Waals surface area contributed by atoms with Crippen molar-refractivity contribution < 1.29 is 4.42 Å². The van der Waals surface area contributed by atoms with Crippen molar-refractivity contribution in [2.75, 3.05) is 0 Å². The Hall–Kier alpha value is -6.10. The molecule has 0 atom stereocenters. The predicted molar refractivity (Wildman–Crippen MR) is 201 cm³/mol. The van der Waals surface area contributed by atoms with Crippen molar-refractivity contribution in [1.29, 1.82) is 0 Å². The van der Waals surface area contributed by atoms with Gasteiger partial charge in [0, 0.05) is 42.9 Å². The number of benzene rings is 7. The minimum Gasteiger partial charge on any atom is -0.455 e. The van der Waals surface area contributed by atoms with Gasteiger partial charge in [-0.3, -0.25) is 0 Å². The van der Waals surface area contributed by atoms with Crippen LogP contribution in [0.25, 0.3) is 97.9 Å². The Bertz CT molecular complexity index is 2820. The zero-order valence-corrected chi connectivity index (χ0v) is 26.5. The number of rotatable bonds is 4. The lowest BCUT2D eigenvalue weighted by Crippen LogP contribution is -1.95. The minimum absolute atomic E-state index is 0.708. The van der Waals surface area contributed by atoms with Crippen LogP contribution in [0.3, 0.4) is 0 Å². The van der Waals surface area contributed by atoms with E-state index in [-0.39, 0.29) is 0 Å². The molecule has 0 bridgehead atoms. The van der Waals surface area contributed by atoms with Crippen LogP contribution in [0.1, 0.15) is 0 Å². The molecule has 0 saturated heterocycles. The van der Waals surface area contributed by atoms with Gasteiger partial charge in [0.1, 0.15) is 11.2 Å². The first-order valence-corrected chi connectivity index (χ1v) is 16.9. The van der Waals surface area contributed by atoms with Crippen molar-refractivity contribution in [2.24, 2.45) is 0 Å². The van der Waals surface area contributed by atoms with Gasteiger partial charge in [0.05, 0.1) is 15.9 Å². The van der Waals surface area contributed by atoms with Gasteiger partial charge in [-0.25, -0.2) is 9.97 Å². The molecule has 224 valence electrons. The SMILES string of the molecule is c1ccc(-c2ccc(-c3nc(-c4cc5c6cccc(-c7ccccc7)c6oc5c5ccccc45)nc4c3sc3ccccc34)cc2)cc1. The van der Waals surface area contributed by atoms with Crippen LogP contribution in [0.4, 0.5) is 0 Å². The molecule has 0 unspecified atom stereocenters. The summed E-state index contributed by atoms with van der Waals surface area (Å²) in [6, 6.07) is 55.3. The average molecular weight is 631 g/mol. The summed E-state index contributed by atoms with van der Waals surface area (Å²) in [7, 11) is 0. The summed E-state index contributed by atoms with van der Waals surface area (Å²) >= 11 is 1.76. The molecule has 48 heavy (non-hydrogen) atoms. The maximum Gasteiger partial charge on any atom is 0.161 e. The van der Waals surface area contributed by atoms with Gasteiger partial charge >= 0.3 is 0 Å². The first-order valence-electron chi connectivity index (χ1n) is 16.1. The second-order valence-electron chi connectivity index (χ2n) is 12.1. The normalized spacial score (nSPS) is 11.8. The van der Waals surface area contributed by atoms with Crippen molar-refractivity contribution in [2.45, 2.75) is 0 Å². The molecule has 0 spiro atoms. The predicted octanol–water partition coefficient (Wildman–Crippen LogP) is 12.6. The van der Waals surface area contributed by atoms with E-state index >= 15 is 0 Å². The van der Waals surface area contributed by atoms with E-state index in [1.807, 2.05) is 12.1 Å². The topological polar surface area (TPSA) is 38.9 Å². The summed E-state index contributed by atoms with van der Waals surface area (Å²) < 4.78 is 9.06. The molecule has 0 radical (unpaired) electrons. The lowest BCUT2D eigenvalue weighted by Gasteiger charge is -2.11. The monoisotopic (exact) mass is 630 g/mol. The van der Waals surface area contributed by atoms with Crippen LogP contribution in [0.2, 0.25) is 0 Å². The van der Waals surface area contributed by atoms with Gasteiger partial charge in [-0.2, -0.15) is 0 Å². The molecule has 0 saturated carbocycles. The largest absolute Gasteiger partial charge is 0.455 e. The van der Waals surface area contributed by atoms with E-state index in [0.717, 1.165) is 76.3 Å². The highest BCUT2D eigenvalue weighted by Crippen LogP contribution is 2.44. The Labute approximate surface area is 280 Å². The quantitative estimate of drug-likeness (QED) is 0.194. The summed E-state index contributed by atoms with van der Waals surface area (Å²) in [5.74, 6) is 0.708. The number of hydrogen-bond acceptors (Lipinski definition) is 4. The fourth-order valence-electron chi connectivity index (χ4n) is 7.01. The van der Waals surface area contributed by atoms with E-state index in [0.29, 0.717) is 5.82 Å². The van der Waals surface area contributed by atoms with Gasteiger partial charge in [0.15, 0.2) is 5.82 Å². The van der Waals surface area contributed by atoms with E-state index in [2.05, 4.69) is 146 Å². The molecule has 0 aliphatic carbocycles. The van der Waals surface area contributed by atoms with E-state index in [1.165, 1.54) is 15.8 Å². The lowest BCUT2D eigenvalue weighted by molar-refractivity contribution is 0.674. The van der Waals surface area contributed by atoms with E-state index in [9.17, 15) is 0 Å². The maximum atomic E-state index is 6.76. The van der Waals surface area contributed by atoms with Gasteiger partial charge in [0.2, 0.25) is 0 Å². The van der Waals surface area contributed by atoms with Crippen LogP contribution >= 0.6 is 11.3 Å². The number of nitrogens with zero attached hydrogens (tertiary/aromatic N) is 2. The minimum atomic E-state index is 0.708. The number of para-hydroxylation sites is 1. The number of fused-ring (bicyclic) bond motifs is 8. The highest BCUT2D eigenvalue weighted by Gasteiger charge is 2.21. The molecule has 4 heteroatoms. The first-order chi connectivity index (χ1) is 23.8. The number of furan rings is 1. The maximum absolute atomic E-state index is 6.76. The van der Waals surface area contributed by atoms with Crippen LogP contribution < -0.4 is 0 Å².